The molecule has 2 aromatic rings. The standard InChI is InChI=1S/C17H17BrN4O/c1-17(2)7-12-14(13(23)8-17)15(10-3-5-11(18)6-4-10)22-16(21-12)19-9-20-22/h3-6,9,15H,7-8H2,1-2H3,(H,19,20,21)/t15-/m1/s1. The van der Waals surface area contributed by atoms with Crippen LogP contribution >= 0.6 is 15.9 Å². The highest BCUT2D eigenvalue weighted by Crippen LogP contribution is 2.45. The van der Waals surface area contributed by atoms with Crippen molar-refractivity contribution in [2.24, 2.45) is 5.41 Å². The molecule has 0 fully saturated rings. The van der Waals surface area contributed by atoms with Gasteiger partial charge in [0.2, 0.25) is 5.95 Å². The molecule has 1 aliphatic heterocycles. The first-order valence-corrected chi connectivity index (χ1v) is 8.42. The van der Waals surface area contributed by atoms with Gasteiger partial charge >= 0.3 is 0 Å². The lowest BCUT2D eigenvalue weighted by Crippen LogP contribution is -2.36. The number of hydrogen-bond donors (Lipinski definition) is 1. The highest BCUT2D eigenvalue weighted by molar-refractivity contribution is 9.10. The molecule has 1 N–H and O–H groups in total. The molecule has 0 saturated heterocycles. The molecule has 1 atom stereocenters. The van der Waals surface area contributed by atoms with Crippen molar-refractivity contribution in [1.82, 2.24) is 14.8 Å². The molecule has 0 saturated carbocycles. The Morgan fingerprint density at radius 2 is 2.00 bits per heavy atom. The summed E-state index contributed by atoms with van der Waals surface area (Å²) in [4.78, 5) is 17.2. The third-order valence-corrected chi connectivity index (χ3v) is 4.99. The van der Waals surface area contributed by atoms with E-state index in [0.717, 1.165) is 27.7 Å². The number of anilines is 1. The van der Waals surface area contributed by atoms with Crippen LogP contribution < -0.4 is 5.32 Å². The summed E-state index contributed by atoms with van der Waals surface area (Å²) in [7, 11) is 0. The number of benzene rings is 1. The summed E-state index contributed by atoms with van der Waals surface area (Å²) < 4.78 is 2.82. The van der Waals surface area contributed by atoms with Crippen molar-refractivity contribution in [2.75, 3.05) is 5.32 Å². The van der Waals surface area contributed by atoms with E-state index in [2.05, 4.69) is 45.2 Å². The van der Waals surface area contributed by atoms with Gasteiger partial charge in [-0.2, -0.15) is 10.1 Å². The lowest BCUT2D eigenvalue weighted by Gasteiger charge is -2.38. The number of fused-ring (bicyclic) bond motifs is 1. The van der Waals surface area contributed by atoms with Crippen LogP contribution in [0.25, 0.3) is 0 Å². The van der Waals surface area contributed by atoms with Crippen molar-refractivity contribution in [3.05, 3.63) is 51.9 Å². The third-order valence-electron chi connectivity index (χ3n) is 4.46. The van der Waals surface area contributed by atoms with Crippen LogP contribution in [0.1, 0.15) is 38.3 Å². The van der Waals surface area contributed by atoms with Crippen LogP contribution in [0.5, 0.6) is 0 Å². The fraction of sp³-hybridized carbons (Fsp3) is 0.353. The molecule has 1 aromatic carbocycles. The number of carbonyl (C=O) groups excluding carboxylic acids is 1. The van der Waals surface area contributed by atoms with Crippen molar-refractivity contribution in [1.29, 1.82) is 0 Å². The average Bonchev–Trinajstić information content (AvgIpc) is 2.92. The molecule has 2 heterocycles. The number of rotatable bonds is 1. The molecular weight excluding hydrogens is 356 g/mol. The van der Waals surface area contributed by atoms with Gasteiger partial charge in [0.1, 0.15) is 12.4 Å². The number of carbonyl (C=O) groups is 1. The quantitative estimate of drug-likeness (QED) is 0.828. The van der Waals surface area contributed by atoms with Gasteiger partial charge in [-0.1, -0.05) is 41.9 Å². The summed E-state index contributed by atoms with van der Waals surface area (Å²) in [6, 6.07) is 7.84. The molecule has 23 heavy (non-hydrogen) atoms. The number of Topliss-reactive ketones (excluding diaryl/α,β-unsaturated/α-hetero) is 1. The Bertz CT molecular complexity index is 819. The second-order valence-electron chi connectivity index (χ2n) is 6.94. The van der Waals surface area contributed by atoms with E-state index in [-0.39, 0.29) is 17.2 Å². The fourth-order valence-corrected chi connectivity index (χ4v) is 3.77. The van der Waals surface area contributed by atoms with Gasteiger partial charge < -0.3 is 5.32 Å². The summed E-state index contributed by atoms with van der Waals surface area (Å²) in [6.07, 6.45) is 2.93. The van der Waals surface area contributed by atoms with Crippen LogP contribution in [0.15, 0.2) is 46.3 Å². The van der Waals surface area contributed by atoms with Crippen LogP contribution in [0.3, 0.4) is 0 Å². The minimum absolute atomic E-state index is 0.0324. The van der Waals surface area contributed by atoms with Crippen molar-refractivity contribution in [3.63, 3.8) is 0 Å². The van der Waals surface area contributed by atoms with Crippen molar-refractivity contribution < 1.29 is 4.79 Å². The Hall–Kier alpha value is -1.95. The zero-order valence-corrected chi connectivity index (χ0v) is 14.6. The lowest BCUT2D eigenvalue weighted by atomic mass is 9.73. The smallest absolute Gasteiger partial charge is 0.226 e. The van der Waals surface area contributed by atoms with E-state index in [1.165, 1.54) is 6.33 Å². The Kier molecular flexibility index (Phi) is 3.20. The predicted molar refractivity (Wildman–Crippen MR) is 91.0 cm³/mol. The van der Waals surface area contributed by atoms with Crippen LogP contribution in [0.2, 0.25) is 0 Å². The average molecular weight is 373 g/mol. The van der Waals surface area contributed by atoms with Crippen molar-refractivity contribution >= 4 is 27.7 Å². The van der Waals surface area contributed by atoms with E-state index >= 15 is 0 Å². The number of nitrogens with zero attached hydrogens (tertiary/aromatic N) is 3. The Morgan fingerprint density at radius 3 is 2.74 bits per heavy atom. The number of hydrogen-bond acceptors (Lipinski definition) is 4. The molecule has 0 unspecified atom stereocenters. The Labute approximate surface area is 142 Å². The monoisotopic (exact) mass is 372 g/mol. The van der Waals surface area contributed by atoms with Crippen molar-refractivity contribution in [2.45, 2.75) is 32.7 Å². The van der Waals surface area contributed by atoms with Gasteiger partial charge in [0, 0.05) is 22.2 Å². The van der Waals surface area contributed by atoms with Gasteiger partial charge in [0.25, 0.3) is 0 Å². The normalized spacial score (nSPS) is 22.4. The SMILES string of the molecule is CC1(C)CC(=O)C2=C(C1)Nc1ncnn1[C@@H]2c1ccc(Br)cc1. The molecule has 6 heteroatoms. The highest BCUT2D eigenvalue weighted by Gasteiger charge is 2.41. The summed E-state index contributed by atoms with van der Waals surface area (Å²) in [5.41, 5.74) is 2.82. The molecule has 4 rings (SSSR count). The second-order valence-corrected chi connectivity index (χ2v) is 7.86. The van der Waals surface area contributed by atoms with Crippen LogP contribution in [-0.4, -0.2) is 20.5 Å². The van der Waals surface area contributed by atoms with Gasteiger partial charge in [0.15, 0.2) is 5.78 Å². The zero-order chi connectivity index (χ0) is 16.2. The highest BCUT2D eigenvalue weighted by atomic mass is 79.9. The van der Waals surface area contributed by atoms with E-state index in [1.807, 2.05) is 24.3 Å². The predicted octanol–water partition coefficient (Wildman–Crippen LogP) is 3.70. The van der Waals surface area contributed by atoms with Crippen LogP contribution in [0.4, 0.5) is 5.95 Å². The lowest BCUT2D eigenvalue weighted by molar-refractivity contribution is -0.118. The van der Waals surface area contributed by atoms with E-state index in [4.69, 9.17) is 0 Å². The van der Waals surface area contributed by atoms with E-state index < -0.39 is 0 Å². The van der Waals surface area contributed by atoms with Crippen molar-refractivity contribution in [3.8, 4) is 0 Å². The maximum Gasteiger partial charge on any atom is 0.226 e. The number of halogens is 1. The summed E-state index contributed by atoms with van der Waals surface area (Å²) in [5, 5.41) is 7.66. The first-order valence-electron chi connectivity index (χ1n) is 7.63. The fourth-order valence-electron chi connectivity index (χ4n) is 3.50. The minimum Gasteiger partial charge on any atom is -0.328 e. The second kappa shape index (κ2) is 5.03. The van der Waals surface area contributed by atoms with Gasteiger partial charge in [-0.3, -0.25) is 4.79 Å². The first-order chi connectivity index (χ1) is 10.9. The Balaban J connectivity index is 1.89. The van der Waals surface area contributed by atoms with Gasteiger partial charge in [0.05, 0.1) is 0 Å². The van der Waals surface area contributed by atoms with Gasteiger partial charge in [-0.05, 0) is 29.5 Å². The first kappa shape index (κ1) is 14.6. The third kappa shape index (κ3) is 2.41. The maximum absolute atomic E-state index is 12.9. The molecule has 1 aliphatic carbocycles. The van der Waals surface area contributed by atoms with E-state index in [1.54, 1.807) is 4.68 Å². The molecule has 1 aromatic heterocycles. The summed E-state index contributed by atoms with van der Waals surface area (Å²) in [5.74, 6) is 0.889. The molecule has 118 valence electrons. The summed E-state index contributed by atoms with van der Waals surface area (Å²) in [6.45, 7) is 4.26. The van der Waals surface area contributed by atoms with Crippen LogP contribution in [0, 0.1) is 5.41 Å². The maximum atomic E-state index is 12.9. The molecule has 0 spiro atoms. The number of aromatic nitrogens is 3. The summed E-state index contributed by atoms with van der Waals surface area (Å²) >= 11 is 3.46. The zero-order valence-electron chi connectivity index (χ0n) is 13.0. The van der Waals surface area contributed by atoms with E-state index in [0.29, 0.717) is 12.4 Å². The topological polar surface area (TPSA) is 59.8 Å². The molecule has 0 radical (unpaired) electrons. The number of nitrogens with one attached hydrogen (secondary N) is 1. The van der Waals surface area contributed by atoms with Gasteiger partial charge in [-0.15, -0.1) is 0 Å². The van der Waals surface area contributed by atoms with E-state index in [9.17, 15) is 4.79 Å². The number of ketones is 1. The molecule has 2 aliphatic rings. The Morgan fingerprint density at radius 1 is 1.26 bits per heavy atom. The molecular formula is C17H17BrN4O. The van der Waals surface area contributed by atoms with Gasteiger partial charge in [-0.25, -0.2) is 4.68 Å². The number of allylic oxidation sites excluding steroid dienone is 2. The molecule has 0 amide bonds. The van der Waals surface area contributed by atoms with Crippen LogP contribution in [-0.2, 0) is 4.79 Å². The minimum atomic E-state index is -0.208. The largest absolute Gasteiger partial charge is 0.328 e. The molecule has 0 bridgehead atoms. The molecule has 5 nitrogen and oxygen atoms in total.